The molecule has 0 radical (unpaired) electrons. The van der Waals surface area contributed by atoms with E-state index in [4.69, 9.17) is 11.6 Å². The SMILES string of the molecule is Oc1ccc(Br)cc1C=NCc1ccccc1Cl. The minimum absolute atomic E-state index is 0.209. The fraction of sp³-hybridized carbons (Fsp3) is 0.0714. The molecule has 4 heteroatoms. The fourth-order valence-electron chi connectivity index (χ4n) is 1.50. The summed E-state index contributed by atoms with van der Waals surface area (Å²) in [5, 5.41) is 10.4. The van der Waals surface area contributed by atoms with E-state index in [1.54, 1.807) is 18.3 Å². The molecule has 0 bridgehead atoms. The number of aliphatic imine (C=N–C) groups is 1. The van der Waals surface area contributed by atoms with Gasteiger partial charge in [-0.05, 0) is 29.8 Å². The van der Waals surface area contributed by atoms with Crippen molar-refractivity contribution in [3.8, 4) is 5.75 Å². The molecule has 2 nitrogen and oxygen atoms in total. The molecule has 0 saturated heterocycles. The number of phenolic OH excluding ortho intramolecular Hbond substituents is 1. The first-order valence-electron chi connectivity index (χ1n) is 5.38. The topological polar surface area (TPSA) is 32.6 Å². The van der Waals surface area contributed by atoms with Gasteiger partial charge in [0.15, 0.2) is 0 Å². The second kappa shape index (κ2) is 6.03. The van der Waals surface area contributed by atoms with Crippen molar-refractivity contribution in [2.45, 2.75) is 6.54 Å². The number of nitrogens with zero attached hydrogens (tertiary/aromatic N) is 1. The molecule has 0 amide bonds. The zero-order chi connectivity index (χ0) is 13.0. The summed E-state index contributed by atoms with van der Waals surface area (Å²) in [6, 6.07) is 12.8. The van der Waals surface area contributed by atoms with Gasteiger partial charge < -0.3 is 5.11 Å². The number of halogens is 2. The Morgan fingerprint density at radius 1 is 1.22 bits per heavy atom. The predicted molar refractivity (Wildman–Crippen MR) is 78.6 cm³/mol. The third-order valence-electron chi connectivity index (χ3n) is 2.44. The van der Waals surface area contributed by atoms with Gasteiger partial charge in [-0.1, -0.05) is 45.7 Å². The van der Waals surface area contributed by atoms with Crippen molar-refractivity contribution >= 4 is 33.7 Å². The lowest BCUT2D eigenvalue weighted by atomic mass is 10.2. The van der Waals surface area contributed by atoms with Gasteiger partial charge in [-0.2, -0.15) is 0 Å². The summed E-state index contributed by atoms with van der Waals surface area (Å²) < 4.78 is 0.902. The Balaban J connectivity index is 2.12. The number of benzene rings is 2. The lowest BCUT2D eigenvalue weighted by Gasteiger charge is -2.01. The summed E-state index contributed by atoms with van der Waals surface area (Å²) in [7, 11) is 0. The van der Waals surface area contributed by atoms with E-state index in [1.807, 2.05) is 30.3 Å². The summed E-state index contributed by atoms with van der Waals surface area (Å²) in [5.41, 5.74) is 1.64. The van der Waals surface area contributed by atoms with Gasteiger partial charge in [0, 0.05) is 21.3 Å². The molecule has 2 aromatic carbocycles. The number of hydrogen-bond donors (Lipinski definition) is 1. The van der Waals surface area contributed by atoms with Crippen LogP contribution in [0.3, 0.4) is 0 Å². The zero-order valence-corrected chi connectivity index (χ0v) is 11.8. The Kier molecular flexibility index (Phi) is 4.39. The molecule has 18 heavy (non-hydrogen) atoms. The summed E-state index contributed by atoms with van der Waals surface area (Å²) in [4.78, 5) is 4.28. The molecule has 0 aliphatic carbocycles. The number of aromatic hydroxyl groups is 1. The molecule has 0 atom stereocenters. The van der Waals surface area contributed by atoms with Crippen molar-refractivity contribution in [1.29, 1.82) is 0 Å². The van der Waals surface area contributed by atoms with Crippen LogP contribution in [0.1, 0.15) is 11.1 Å². The van der Waals surface area contributed by atoms with Gasteiger partial charge in [-0.15, -0.1) is 0 Å². The Morgan fingerprint density at radius 3 is 2.78 bits per heavy atom. The quantitative estimate of drug-likeness (QED) is 0.832. The third kappa shape index (κ3) is 3.34. The first-order valence-corrected chi connectivity index (χ1v) is 6.55. The molecular formula is C14H11BrClNO. The van der Waals surface area contributed by atoms with E-state index in [9.17, 15) is 5.11 Å². The molecule has 0 aromatic heterocycles. The van der Waals surface area contributed by atoms with Crippen LogP contribution in [0.15, 0.2) is 51.9 Å². The van der Waals surface area contributed by atoms with Crippen LogP contribution in [0.5, 0.6) is 5.75 Å². The first kappa shape index (κ1) is 13.1. The highest BCUT2D eigenvalue weighted by atomic mass is 79.9. The van der Waals surface area contributed by atoms with Crippen molar-refractivity contribution in [2.24, 2.45) is 4.99 Å². The normalized spacial score (nSPS) is 11.0. The van der Waals surface area contributed by atoms with E-state index >= 15 is 0 Å². The zero-order valence-electron chi connectivity index (χ0n) is 9.48. The van der Waals surface area contributed by atoms with Crippen LogP contribution >= 0.6 is 27.5 Å². The molecule has 0 aliphatic rings. The highest BCUT2D eigenvalue weighted by molar-refractivity contribution is 9.10. The van der Waals surface area contributed by atoms with Gasteiger partial charge in [0.2, 0.25) is 0 Å². The molecule has 2 aromatic rings. The van der Waals surface area contributed by atoms with Crippen molar-refractivity contribution in [1.82, 2.24) is 0 Å². The van der Waals surface area contributed by atoms with Gasteiger partial charge in [0.1, 0.15) is 5.75 Å². The van der Waals surface area contributed by atoms with Gasteiger partial charge >= 0.3 is 0 Å². The number of rotatable bonds is 3. The molecule has 0 unspecified atom stereocenters. The second-order valence-electron chi connectivity index (χ2n) is 3.76. The summed E-state index contributed by atoms with van der Waals surface area (Å²) in [5.74, 6) is 0.209. The molecule has 0 fully saturated rings. The molecule has 92 valence electrons. The van der Waals surface area contributed by atoms with E-state index < -0.39 is 0 Å². The molecular weight excluding hydrogens is 314 g/mol. The van der Waals surface area contributed by atoms with E-state index in [1.165, 1.54) is 0 Å². The minimum Gasteiger partial charge on any atom is -0.507 e. The van der Waals surface area contributed by atoms with Crippen LogP contribution < -0.4 is 0 Å². The van der Waals surface area contributed by atoms with Crippen molar-refractivity contribution in [2.75, 3.05) is 0 Å². The van der Waals surface area contributed by atoms with Gasteiger partial charge in [-0.3, -0.25) is 4.99 Å². The van der Waals surface area contributed by atoms with Crippen LogP contribution in [-0.2, 0) is 6.54 Å². The summed E-state index contributed by atoms with van der Waals surface area (Å²) >= 11 is 9.38. The maximum absolute atomic E-state index is 9.65. The summed E-state index contributed by atoms with van der Waals surface area (Å²) in [6.45, 7) is 0.492. The van der Waals surface area contributed by atoms with Gasteiger partial charge in [0.05, 0.1) is 6.54 Å². The number of hydrogen-bond acceptors (Lipinski definition) is 2. The van der Waals surface area contributed by atoms with Gasteiger partial charge in [0.25, 0.3) is 0 Å². The Morgan fingerprint density at radius 2 is 2.00 bits per heavy atom. The van der Waals surface area contributed by atoms with Crippen LogP contribution in [0.4, 0.5) is 0 Å². The maximum Gasteiger partial charge on any atom is 0.124 e. The average molecular weight is 325 g/mol. The standard InChI is InChI=1S/C14H11BrClNO/c15-12-5-6-14(18)11(7-12)9-17-8-10-3-1-2-4-13(10)16/h1-7,9,18H,8H2. The second-order valence-corrected chi connectivity index (χ2v) is 5.09. The fourth-order valence-corrected chi connectivity index (χ4v) is 2.07. The maximum atomic E-state index is 9.65. The minimum atomic E-state index is 0.209. The Labute approximate surface area is 119 Å². The van der Waals surface area contributed by atoms with E-state index in [-0.39, 0.29) is 5.75 Å². The lowest BCUT2D eigenvalue weighted by Crippen LogP contribution is -1.86. The molecule has 0 spiro atoms. The van der Waals surface area contributed by atoms with E-state index in [0.717, 1.165) is 10.0 Å². The third-order valence-corrected chi connectivity index (χ3v) is 3.30. The molecule has 0 heterocycles. The van der Waals surface area contributed by atoms with Crippen LogP contribution in [0, 0.1) is 0 Å². The van der Waals surface area contributed by atoms with Gasteiger partial charge in [-0.25, -0.2) is 0 Å². The van der Waals surface area contributed by atoms with Crippen molar-refractivity contribution in [3.63, 3.8) is 0 Å². The van der Waals surface area contributed by atoms with Crippen LogP contribution in [0.25, 0.3) is 0 Å². The highest BCUT2D eigenvalue weighted by Gasteiger charge is 1.99. The number of phenols is 1. The first-order chi connectivity index (χ1) is 8.66. The molecule has 2 rings (SSSR count). The van der Waals surface area contributed by atoms with E-state index in [0.29, 0.717) is 17.1 Å². The molecule has 0 saturated carbocycles. The lowest BCUT2D eigenvalue weighted by molar-refractivity contribution is 0.474. The summed E-state index contributed by atoms with van der Waals surface area (Å²) in [6.07, 6.45) is 1.64. The van der Waals surface area contributed by atoms with Crippen molar-refractivity contribution in [3.05, 3.63) is 63.1 Å². The largest absolute Gasteiger partial charge is 0.507 e. The predicted octanol–water partition coefficient (Wildman–Crippen LogP) is 4.43. The molecule has 0 aliphatic heterocycles. The van der Waals surface area contributed by atoms with E-state index in [2.05, 4.69) is 20.9 Å². The smallest absolute Gasteiger partial charge is 0.124 e. The van der Waals surface area contributed by atoms with Crippen LogP contribution in [-0.4, -0.2) is 11.3 Å². The monoisotopic (exact) mass is 323 g/mol. The highest BCUT2D eigenvalue weighted by Crippen LogP contribution is 2.20. The Hall–Kier alpha value is -1.32. The Bertz CT molecular complexity index is 584. The molecule has 1 N–H and O–H groups in total. The van der Waals surface area contributed by atoms with Crippen LogP contribution in [0.2, 0.25) is 5.02 Å². The van der Waals surface area contributed by atoms with Crippen molar-refractivity contribution < 1.29 is 5.11 Å². The average Bonchev–Trinajstić information content (AvgIpc) is 2.36.